The van der Waals surface area contributed by atoms with Gasteiger partial charge >= 0.3 is 0 Å². The third-order valence-electron chi connectivity index (χ3n) is 2.44. The van der Waals surface area contributed by atoms with Crippen molar-refractivity contribution in [1.29, 1.82) is 0 Å². The summed E-state index contributed by atoms with van der Waals surface area (Å²) in [4.78, 5) is 21.7. The van der Waals surface area contributed by atoms with Gasteiger partial charge in [-0.2, -0.15) is 0 Å². The average molecular weight is 236 g/mol. The number of carbonyl (C=O) groups is 1. The quantitative estimate of drug-likeness (QED) is 0.630. The standard InChI is InChI=1S/C12H16N2O3/c1-3-4-9(2)13-12(15)10-5-7-11(8-6-10)14(16)17/h5-9H,3-4H2,1-2H3,(H,13,15)/t9-/m1/s1. The van der Waals surface area contributed by atoms with Gasteiger partial charge in [-0.1, -0.05) is 13.3 Å². The number of rotatable bonds is 5. The lowest BCUT2D eigenvalue weighted by Gasteiger charge is -2.12. The zero-order valence-electron chi connectivity index (χ0n) is 9.97. The zero-order valence-corrected chi connectivity index (χ0v) is 9.97. The van der Waals surface area contributed by atoms with E-state index in [1.54, 1.807) is 0 Å². The summed E-state index contributed by atoms with van der Waals surface area (Å²) < 4.78 is 0. The lowest BCUT2D eigenvalue weighted by Crippen LogP contribution is -2.32. The number of hydrogen-bond acceptors (Lipinski definition) is 3. The van der Waals surface area contributed by atoms with Crippen LogP contribution < -0.4 is 5.32 Å². The number of nitro benzene ring substituents is 1. The Morgan fingerprint density at radius 2 is 2.00 bits per heavy atom. The van der Waals surface area contributed by atoms with Crippen LogP contribution in [0.1, 0.15) is 37.0 Å². The summed E-state index contributed by atoms with van der Waals surface area (Å²) >= 11 is 0. The van der Waals surface area contributed by atoms with Crippen molar-refractivity contribution in [2.24, 2.45) is 0 Å². The predicted octanol–water partition coefficient (Wildman–Crippen LogP) is 2.51. The van der Waals surface area contributed by atoms with Crippen molar-refractivity contribution >= 4 is 11.6 Å². The molecule has 0 bridgehead atoms. The van der Waals surface area contributed by atoms with Crippen LogP contribution in [0.4, 0.5) is 5.69 Å². The Hall–Kier alpha value is -1.91. The van der Waals surface area contributed by atoms with Crippen molar-refractivity contribution in [3.8, 4) is 0 Å². The second-order valence-corrected chi connectivity index (χ2v) is 3.97. The molecule has 0 saturated carbocycles. The third-order valence-corrected chi connectivity index (χ3v) is 2.44. The van der Waals surface area contributed by atoms with Gasteiger partial charge in [-0.25, -0.2) is 0 Å². The molecule has 5 heteroatoms. The third kappa shape index (κ3) is 3.86. The topological polar surface area (TPSA) is 72.2 Å². The molecule has 0 fully saturated rings. The highest BCUT2D eigenvalue weighted by atomic mass is 16.6. The number of benzene rings is 1. The van der Waals surface area contributed by atoms with E-state index in [2.05, 4.69) is 12.2 Å². The van der Waals surface area contributed by atoms with Gasteiger partial charge in [0, 0.05) is 23.7 Å². The van der Waals surface area contributed by atoms with Gasteiger partial charge in [0.2, 0.25) is 0 Å². The van der Waals surface area contributed by atoms with Crippen LogP contribution in [0.3, 0.4) is 0 Å². The van der Waals surface area contributed by atoms with E-state index in [-0.39, 0.29) is 17.6 Å². The molecule has 1 rings (SSSR count). The molecule has 1 amide bonds. The lowest BCUT2D eigenvalue weighted by molar-refractivity contribution is -0.384. The molecule has 0 aliphatic carbocycles. The molecular formula is C12H16N2O3. The van der Waals surface area contributed by atoms with Gasteiger partial charge in [0.25, 0.3) is 11.6 Å². The Balaban J connectivity index is 2.66. The van der Waals surface area contributed by atoms with Crippen molar-refractivity contribution in [3.05, 3.63) is 39.9 Å². The van der Waals surface area contributed by atoms with Crippen molar-refractivity contribution < 1.29 is 9.72 Å². The van der Waals surface area contributed by atoms with Crippen molar-refractivity contribution in [2.45, 2.75) is 32.7 Å². The molecule has 0 radical (unpaired) electrons. The molecule has 1 atom stereocenters. The van der Waals surface area contributed by atoms with E-state index in [9.17, 15) is 14.9 Å². The molecule has 0 spiro atoms. The van der Waals surface area contributed by atoms with Crippen LogP contribution >= 0.6 is 0 Å². The van der Waals surface area contributed by atoms with Gasteiger partial charge in [0.05, 0.1) is 4.92 Å². The van der Waals surface area contributed by atoms with Gasteiger partial charge in [-0.05, 0) is 25.5 Å². The van der Waals surface area contributed by atoms with Crippen LogP contribution in [-0.2, 0) is 0 Å². The highest BCUT2D eigenvalue weighted by Crippen LogP contribution is 2.12. The summed E-state index contributed by atoms with van der Waals surface area (Å²) in [6, 6.07) is 5.71. The van der Waals surface area contributed by atoms with E-state index in [1.165, 1.54) is 24.3 Å². The van der Waals surface area contributed by atoms with Crippen LogP contribution in [-0.4, -0.2) is 16.9 Å². The van der Waals surface area contributed by atoms with Crippen molar-refractivity contribution in [2.75, 3.05) is 0 Å². The molecule has 1 aromatic rings. The van der Waals surface area contributed by atoms with Gasteiger partial charge in [-0.15, -0.1) is 0 Å². The van der Waals surface area contributed by atoms with Gasteiger partial charge in [0.1, 0.15) is 0 Å². The largest absolute Gasteiger partial charge is 0.350 e. The summed E-state index contributed by atoms with van der Waals surface area (Å²) in [7, 11) is 0. The summed E-state index contributed by atoms with van der Waals surface area (Å²) in [5.74, 6) is -0.194. The number of nitro groups is 1. The first-order chi connectivity index (χ1) is 8.04. The van der Waals surface area contributed by atoms with E-state index >= 15 is 0 Å². The number of hydrogen-bond donors (Lipinski definition) is 1. The molecule has 0 aromatic heterocycles. The number of nitrogens with zero attached hydrogens (tertiary/aromatic N) is 1. The number of nitrogens with one attached hydrogen (secondary N) is 1. The molecule has 0 unspecified atom stereocenters. The second kappa shape index (κ2) is 5.98. The van der Waals surface area contributed by atoms with Crippen LogP contribution in [0.15, 0.2) is 24.3 Å². The average Bonchev–Trinajstić information content (AvgIpc) is 2.29. The Morgan fingerprint density at radius 3 is 2.47 bits per heavy atom. The second-order valence-electron chi connectivity index (χ2n) is 3.97. The lowest BCUT2D eigenvalue weighted by atomic mass is 10.1. The molecular weight excluding hydrogens is 220 g/mol. The monoisotopic (exact) mass is 236 g/mol. The van der Waals surface area contributed by atoms with Crippen molar-refractivity contribution in [1.82, 2.24) is 5.32 Å². The minimum absolute atomic E-state index is 0.0110. The Bertz CT molecular complexity index is 401. The van der Waals surface area contributed by atoms with Gasteiger partial charge in [-0.3, -0.25) is 14.9 Å². The summed E-state index contributed by atoms with van der Waals surface area (Å²) in [6.07, 6.45) is 1.92. The first-order valence-electron chi connectivity index (χ1n) is 5.60. The van der Waals surface area contributed by atoms with E-state index < -0.39 is 4.92 Å². The van der Waals surface area contributed by atoms with E-state index in [0.717, 1.165) is 12.8 Å². The van der Waals surface area contributed by atoms with E-state index in [1.807, 2.05) is 6.92 Å². The fourth-order valence-electron chi connectivity index (χ4n) is 1.55. The molecule has 92 valence electrons. The Morgan fingerprint density at radius 1 is 1.41 bits per heavy atom. The fourth-order valence-corrected chi connectivity index (χ4v) is 1.55. The molecule has 1 N–H and O–H groups in total. The molecule has 0 aliphatic heterocycles. The maximum atomic E-state index is 11.7. The summed E-state index contributed by atoms with van der Waals surface area (Å²) in [5.41, 5.74) is 0.432. The minimum Gasteiger partial charge on any atom is -0.350 e. The molecule has 0 heterocycles. The summed E-state index contributed by atoms with van der Waals surface area (Å²) in [6.45, 7) is 3.99. The van der Waals surface area contributed by atoms with E-state index in [0.29, 0.717) is 5.56 Å². The maximum absolute atomic E-state index is 11.7. The summed E-state index contributed by atoms with van der Waals surface area (Å²) in [5, 5.41) is 13.3. The van der Waals surface area contributed by atoms with E-state index in [4.69, 9.17) is 0 Å². The number of amides is 1. The first-order valence-corrected chi connectivity index (χ1v) is 5.60. The van der Waals surface area contributed by atoms with Gasteiger partial charge in [0.15, 0.2) is 0 Å². The SMILES string of the molecule is CCC[C@@H](C)NC(=O)c1ccc([N+](=O)[O-])cc1. The Kier molecular flexibility index (Phi) is 4.63. The highest BCUT2D eigenvalue weighted by Gasteiger charge is 2.11. The minimum atomic E-state index is -0.485. The number of non-ortho nitro benzene ring substituents is 1. The highest BCUT2D eigenvalue weighted by molar-refractivity contribution is 5.94. The predicted molar refractivity (Wildman–Crippen MR) is 64.9 cm³/mol. The fraction of sp³-hybridized carbons (Fsp3) is 0.417. The van der Waals surface area contributed by atoms with Crippen LogP contribution in [0.25, 0.3) is 0 Å². The first kappa shape index (κ1) is 13.2. The molecule has 1 aromatic carbocycles. The molecule has 17 heavy (non-hydrogen) atoms. The smallest absolute Gasteiger partial charge is 0.269 e. The molecule has 5 nitrogen and oxygen atoms in total. The zero-order chi connectivity index (χ0) is 12.8. The molecule has 0 saturated heterocycles. The normalized spacial score (nSPS) is 11.9. The number of carbonyl (C=O) groups excluding carboxylic acids is 1. The van der Waals surface area contributed by atoms with Crippen molar-refractivity contribution in [3.63, 3.8) is 0 Å². The van der Waals surface area contributed by atoms with Crippen LogP contribution in [0.5, 0.6) is 0 Å². The Labute approximate surface area is 100.0 Å². The van der Waals surface area contributed by atoms with Crippen LogP contribution in [0, 0.1) is 10.1 Å². The van der Waals surface area contributed by atoms with Crippen LogP contribution in [0.2, 0.25) is 0 Å². The van der Waals surface area contributed by atoms with Gasteiger partial charge < -0.3 is 5.32 Å². The molecule has 0 aliphatic rings. The maximum Gasteiger partial charge on any atom is 0.269 e.